The Labute approximate surface area is 211 Å². The molecule has 2 heterocycles. The number of hydrogen-bond acceptors (Lipinski definition) is 5. The summed E-state index contributed by atoms with van der Waals surface area (Å²) in [5.74, 6) is -1.02. The zero-order valence-corrected chi connectivity index (χ0v) is 22.1. The van der Waals surface area contributed by atoms with Crippen LogP contribution in [0.15, 0.2) is 64.5 Å². The quantitative estimate of drug-likeness (QED) is 0.424. The van der Waals surface area contributed by atoms with Crippen molar-refractivity contribution in [1.82, 2.24) is 8.87 Å². The van der Waals surface area contributed by atoms with Gasteiger partial charge in [0.05, 0.1) is 11.3 Å². The smallest absolute Gasteiger partial charge is 0.337 e. The molecule has 1 unspecified atom stereocenters. The SMILES string of the molecule is CCCCC1CN(c2ccccc2)c2cc(SC)c(-c3cc(C(=O)O)cn3C)cc2S(=O)(=O)N1C. The number of aryl methyl sites for hydroxylation is 1. The summed E-state index contributed by atoms with van der Waals surface area (Å²) in [6.45, 7) is 2.66. The molecule has 3 aromatic rings. The van der Waals surface area contributed by atoms with E-state index >= 15 is 0 Å². The Balaban J connectivity index is 1.98. The highest BCUT2D eigenvalue weighted by atomic mass is 32.2. The maximum absolute atomic E-state index is 13.9. The molecule has 9 heteroatoms. The molecule has 0 amide bonds. The average molecular weight is 514 g/mol. The number of carboxylic acids is 1. The number of anilines is 2. The van der Waals surface area contributed by atoms with Crippen molar-refractivity contribution in [2.24, 2.45) is 7.05 Å². The molecule has 0 radical (unpaired) electrons. The van der Waals surface area contributed by atoms with E-state index in [1.165, 1.54) is 16.1 Å². The molecule has 0 saturated carbocycles. The Morgan fingerprint density at radius 3 is 2.46 bits per heavy atom. The summed E-state index contributed by atoms with van der Waals surface area (Å²) in [5.41, 5.74) is 3.10. The molecule has 1 aliphatic rings. The minimum absolute atomic E-state index is 0.162. The van der Waals surface area contributed by atoms with Crippen LogP contribution >= 0.6 is 11.8 Å². The number of unbranched alkanes of at least 4 members (excludes halogenated alkanes) is 1. The van der Waals surface area contributed by atoms with Gasteiger partial charge in [-0.1, -0.05) is 38.0 Å². The number of aromatic nitrogens is 1. The van der Waals surface area contributed by atoms with E-state index in [0.717, 1.165) is 29.8 Å². The fourth-order valence-electron chi connectivity index (χ4n) is 4.63. The number of sulfonamides is 1. The van der Waals surface area contributed by atoms with Crippen molar-refractivity contribution in [3.05, 3.63) is 60.3 Å². The number of carbonyl (C=O) groups is 1. The largest absolute Gasteiger partial charge is 0.478 e. The molecular formula is C26H31N3O4S2. The number of carboxylic acid groups (broad SMARTS) is 1. The highest BCUT2D eigenvalue weighted by Gasteiger charge is 2.37. The third-order valence-electron chi connectivity index (χ3n) is 6.62. The van der Waals surface area contributed by atoms with Gasteiger partial charge in [-0.25, -0.2) is 13.2 Å². The van der Waals surface area contributed by atoms with Crippen LogP contribution in [0.5, 0.6) is 0 Å². The van der Waals surface area contributed by atoms with Gasteiger partial charge in [-0.3, -0.25) is 0 Å². The number of benzene rings is 2. The van der Waals surface area contributed by atoms with Crippen LogP contribution in [0.1, 0.15) is 36.5 Å². The summed E-state index contributed by atoms with van der Waals surface area (Å²) in [7, 11) is -0.358. The molecular weight excluding hydrogens is 482 g/mol. The van der Waals surface area contributed by atoms with E-state index in [-0.39, 0.29) is 16.5 Å². The average Bonchev–Trinajstić information content (AvgIpc) is 3.22. The van der Waals surface area contributed by atoms with Crippen molar-refractivity contribution >= 4 is 39.1 Å². The molecule has 186 valence electrons. The topological polar surface area (TPSA) is 82.9 Å². The first-order valence-electron chi connectivity index (χ1n) is 11.6. The lowest BCUT2D eigenvalue weighted by Crippen LogP contribution is -2.40. The van der Waals surface area contributed by atoms with E-state index < -0.39 is 16.0 Å². The van der Waals surface area contributed by atoms with Crippen molar-refractivity contribution in [3.8, 4) is 11.3 Å². The monoisotopic (exact) mass is 513 g/mol. The first kappa shape index (κ1) is 25.3. The maximum Gasteiger partial charge on any atom is 0.337 e. The number of fused-ring (bicyclic) bond motifs is 1. The second-order valence-corrected chi connectivity index (χ2v) is 11.6. The minimum atomic E-state index is -3.80. The van der Waals surface area contributed by atoms with Crippen LogP contribution in [0.4, 0.5) is 11.4 Å². The number of hydrogen-bond donors (Lipinski definition) is 1. The summed E-state index contributed by atoms with van der Waals surface area (Å²) in [6.07, 6.45) is 6.19. The van der Waals surface area contributed by atoms with E-state index in [9.17, 15) is 18.3 Å². The molecule has 0 fully saturated rings. The fourth-order valence-corrected chi connectivity index (χ4v) is 6.81. The standard InChI is InChI=1S/C26H31N3O4S2/c1-5-6-10-20-17-29(19-11-8-7-9-12-19)23-15-24(34-4)21(14-25(23)35(32,33)28(20)3)22-13-18(26(30)31)16-27(22)2/h7-9,11-16,20H,5-6,10,17H2,1-4H3,(H,30,31). The van der Waals surface area contributed by atoms with Gasteiger partial charge in [-0.05, 0) is 43.0 Å². The molecule has 1 N–H and O–H groups in total. The van der Waals surface area contributed by atoms with Crippen LogP contribution in [-0.4, -0.2) is 54.3 Å². The molecule has 4 rings (SSSR count). The van der Waals surface area contributed by atoms with Gasteiger partial charge in [0.25, 0.3) is 0 Å². The summed E-state index contributed by atoms with van der Waals surface area (Å²) in [5, 5.41) is 9.48. The van der Waals surface area contributed by atoms with E-state index in [1.807, 2.05) is 42.7 Å². The Hall–Kier alpha value is -2.75. The minimum Gasteiger partial charge on any atom is -0.478 e. The molecule has 2 aromatic carbocycles. The highest BCUT2D eigenvalue weighted by Crippen LogP contribution is 2.44. The van der Waals surface area contributed by atoms with E-state index in [1.54, 1.807) is 37.0 Å². The van der Waals surface area contributed by atoms with Crippen LogP contribution in [0, 0.1) is 0 Å². The molecule has 1 atom stereocenters. The lowest BCUT2D eigenvalue weighted by Gasteiger charge is -2.29. The Morgan fingerprint density at radius 1 is 1.14 bits per heavy atom. The van der Waals surface area contributed by atoms with Crippen molar-refractivity contribution in [1.29, 1.82) is 0 Å². The molecule has 35 heavy (non-hydrogen) atoms. The third kappa shape index (κ3) is 4.72. The van der Waals surface area contributed by atoms with Gasteiger partial charge in [0.15, 0.2) is 0 Å². The number of nitrogens with zero attached hydrogens (tertiary/aromatic N) is 3. The Morgan fingerprint density at radius 2 is 1.86 bits per heavy atom. The molecule has 0 aliphatic carbocycles. The molecule has 1 aliphatic heterocycles. The summed E-state index contributed by atoms with van der Waals surface area (Å²) in [6, 6.07) is 14.9. The Kier molecular flexibility index (Phi) is 7.30. The summed E-state index contributed by atoms with van der Waals surface area (Å²) in [4.78, 5) is 14.8. The number of para-hydroxylation sites is 1. The number of likely N-dealkylation sites (N-methyl/N-ethyl adjacent to an activating group) is 1. The van der Waals surface area contributed by atoms with Gasteiger partial charge in [-0.15, -0.1) is 11.8 Å². The number of rotatable bonds is 7. The van der Waals surface area contributed by atoms with Crippen LogP contribution in [0.25, 0.3) is 11.3 Å². The number of aromatic carboxylic acids is 1. The molecule has 0 saturated heterocycles. The zero-order chi connectivity index (χ0) is 25.3. The second-order valence-electron chi connectivity index (χ2n) is 8.81. The lowest BCUT2D eigenvalue weighted by atomic mass is 10.1. The molecule has 1 aromatic heterocycles. The van der Waals surface area contributed by atoms with Gasteiger partial charge in [-0.2, -0.15) is 4.31 Å². The first-order valence-corrected chi connectivity index (χ1v) is 14.3. The molecule has 0 bridgehead atoms. The molecule has 0 spiro atoms. The van der Waals surface area contributed by atoms with Crippen molar-refractivity contribution < 1.29 is 18.3 Å². The predicted octanol–water partition coefficient (Wildman–Crippen LogP) is 5.44. The van der Waals surface area contributed by atoms with E-state index in [0.29, 0.717) is 23.5 Å². The van der Waals surface area contributed by atoms with Crippen molar-refractivity contribution in [2.45, 2.75) is 42.0 Å². The van der Waals surface area contributed by atoms with Crippen molar-refractivity contribution in [3.63, 3.8) is 0 Å². The lowest BCUT2D eigenvalue weighted by molar-refractivity contribution is 0.0697. The maximum atomic E-state index is 13.9. The third-order valence-corrected chi connectivity index (χ3v) is 9.34. The summed E-state index contributed by atoms with van der Waals surface area (Å²) >= 11 is 1.51. The highest BCUT2D eigenvalue weighted by molar-refractivity contribution is 7.98. The molecule has 7 nitrogen and oxygen atoms in total. The van der Waals surface area contributed by atoms with Crippen molar-refractivity contribution in [2.75, 3.05) is 24.7 Å². The van der Waals surface area contributed by atoms with Gasteiger partial charge in [0.2, 0.25) is 10.0 Å². The van der Waals surface area contributed by atoms with Crippen LogP contribution in [-0.2, 0) is 17.1 Å². The van der Waals surface area contributed by atoms with Gasteiger partial charge in [0.1, 0.15) is 4.90 Å². The number of thioether (sulfide) groups is 1. The normalized spacial score (nSPS) is 17.7. The first-order chi connectivity index (χ1) is 16.7. The van der Waals surface area contributed by atoms with Gasteiger partial charge < -0.3 is 14.6 Å². The van der Waals surface area contributed by atoms with Gasteiger partial charge in [0, 0.05) is 54.7 Å². The van der Waals surface area contributed by atoms with Crippen LogP contribution in [0.2, 0.25) is 0 Å². The zero-order valence-electron chi connectivity index (χ0n) is 20.4. The second kappa shape index (κ2) is 10.1. The van der Waals surface area contributed by atoms with Gasteiger partial charge >= 0.3 is 5.97 Å². The fraction of sp³-hybridized carbons (Fsp3) is 0.346. The van der Waals surface area contributed by atoms with Crippen LogP contribution < -0.4 is 4.90 Å². The summed E-state index contributed by atoms with van der Waals surface area (Å²) < 4.78 is 31.1. The van der Waals surface area contributed by atoms with Crippen LogP contribution in [0.3, 0.4) is 0 Å². The van der Waals surface area contributed by atoms with E-state index in [4.69, 9.17) is 0 Å². The predicted molar refractivity (Wildman–Crippen MR) is 141 cm³/mol. The van der Waals surface area contributed by atoms with E-state index in [2.05, 4.69) is 11.8 Å². The Bertz CT molecular complexity index is 1340.